The van der Waals surface area contributed by atoms with Gasteiger partial charge in [0.15, 0.2) is 0 Å². The number of hydrogen-bond donors (Lipinski definition) is 1. The van der Waals surface area contributed by atoms with Crippen LogP contribution in [0.4, 0.5) is 0 Å². The van der Waals surface area contributed by atoms with Crippen molar-refractivity contribution in [3.8, 4) is 27.9 Å². The number of aryl methyl sites for hydroxylation is 2. The van der Waals surface area contributed by atoms with Gasteiger partial charge in [-0.25, -0.2) is 9.48 Å². The minimum atomic E-state index is -0.892. The number of aromatic carboxylic acids is 1. The van der Waals surface area contributed by atoms with Gasteiger partial charge in [0.25, 0.3) is 0 Å². The molecule has 0 spiro atoms. The predicted octanol–water partition coefficient (Wildman–Crippen LogP) is 6.03. The highest BCUT2D eigenvalue weighted by atomic mass is 32.2. The van der Waals surface area contributed by atoms with Gasteiger partial charge in [0.05, 0.1) is 16.9 Å². The standard InChI is InChI=1S/C26H22N2O2S/c1-16-8-10-17(11-9-16)20-14-23(31-2)25(26(29)30)24-19(20)12-13-22-21(24)15-28(27-22)18-6-4-3-5-7-18/h3-11,14-15H,12-13H2,1-2H3,(H,29,30). The number of aromatic nitrogens is 2. The van der Waals surface area contributed by atoms with Crippen molar-refractivity contribution in [1.29, 1.82) is 0 Å². The molecule has 0 unspecified atom stereocenters. The lowest BCUT2D eigenvalue weighted by Gasteiger charge is -2.23. The Morgan fingerprint density at radius 1 is 1.03 bits per heavy atom. The van der Waals surface area contributed by atoms with Crippen molar-refractivity contribution in [2.24, 2.45) is 0 Å². The smallest absolute Gasteiger partial charge is 0.337 e. The number of para-hydroxylation sites is 1. The highest BCUT2D eigenvalue weighted by Gasteiger charge is 2.30. The normalized spacial score (nSPS) is 12.3. The molecule has 0 aliphatic heterocycles. The molecule has 1 heterocycles. The van der Waals surface area contributed by atoms with Gasteiger partial charge in [0, 0.05) is 22.2 Å². The summed E-state index contributed by atoms with van der Waals surface area (Å²) in [5, 5.41) is 15.0. The molecule has 5 heteroatoms. The largest absolute Gasteiger partial charge is 0.478 e. The van der Waals surface area contributed by atoms with Crippen molar-refractivity contribution in [2.45, 2.75) is 24.7 Å². The van der Waals surface area contributed by atoms with Crippen molar-refractivity contribution < 1.29 is 9.90 Å². The fourth-order valence-electron chi connectivity index (χ4n) is 4.38. The number of hydrogen-bond acceptors (Lipinski definition) is 3. The fraction of sp³-hybridized carbons (Fsp3) is 0.154. The Bertz CT molecular complexity index is 1290. The number of carbonyl (C=O) groups is 1. The summed E-state index contributed by atoms with van der Waals surface area (Å²) in [4.78, 5) is 13.2. The molecule has 1 aliphatic rings. The van der Waals surface area contributed by atoms with E-state index in [1.165, 1.54) is 17.3 Å². The molecule has 31 heavy (non-hydrogen) atoms. The van der Waals surface area contributed by atoms with E-state index in [1.54, 1.807) is 0 Å². The molecule has 154 valence electrons. The Morgan fingerprint density at radius 3 is 2.45 bits per heavy atom. The molecule has 0 atom stereocenters. The van der Waals surface area contributed by atoms with Gasteiger partial charge in [-0.15, -0.1) is 11.8 Å². The first kappa shape index (κ1) is 19.6. The van der Waals surface area contributed by atoms with Crippen LogP contribution in [-0.4, -0.2) is 27.1 Å². The third-order valence-corrected chi connectivity index (χ3v) is 6.65. The summed E-state index contributed by atoms with van der Waals surface area (Å²) in [6.45, 7) is 2.07. The van der Waals surface area contributed by atoms with Gasteiger partial charge >= 0.3 is 5.97 Å². The van der Waals surface area contributed by atoms with Crippen molar-refractivity contribution in [3.63, 3.8) is 0 Å². The lowest BCUT2D eigenvalue weighted by molar-refractivity contribution is 0.0694. The second kappa shape index (κ2) is 7.75. The maximum absolute atomic E-state index is 12.4. The van der Waals surface area contributed by atoms with E-state index in [0.717, 1.165) is 56.9 Å². The van der Waals surface area contributed by atoms with Gasteiger partial charge in [-0.05, 0) is 60.9 Å². The molecule has 4 nitrogen and oxygen atoms in total. The Hall–Kier alpha value is -3.31. The van der Waals surface area contributed by atoms with Crippen LogP contribution >= 0.6 is 11.8 Å². The number of nitrogens with zero attached hydrogens (tertiary/aromatic N) is 2. The summed E-state index contributed by atoms with van der Waals surface area (Å²) in [7, 11) is 0. The van der Waals surface area contributed by atoms with E-state index < -0.39 is 5.97 Å². The van der Waals surface area contributed by atoms with Crippen LogP contribution in [0.15, 0.2) is 71.8 Å². The molecule has 4 aromatic rings. The van der Waals surface area contributed by atoms with Gasteiger partial charge in [0.2, 0.25) is 0 Å². The molecule has 1 N–H and O–H groups in total. The Kier molecular flexibility index (Phi) is 4.91. The van der Waals surface area contributed by atoms with Crippen molar-refractivity contribution in [1.82, 2.24) is 9.78 Å². The zero-order valence-corrected chi connectivity index (χ0v) is 18.2. The van der Waals surface area contributed by atoms with E-state index in [-0.39, 0.29) is 0 Å². The summed E-state index contributed by atoms with van der Waals surface area (Å²) in [6, 6.07) is 20.5. The highest BCUT2D eigenvalue weighted by molar-refractivity contribution is 7.98. The van der Waals surface area contributed by atoms with Gasteiger partial charge in [0.1, 0.15) is 0 Å². The zero-order valence-electron chi connectivity index (χ0n) is 17.4. The lowest BCUT2D eigenvalue weighted by Crippen LogP contribution is -2.12. The first-order chi connectivity index (χ1) is 15.1. The number of fused-ring (bicyclic) bond motifs is 3. The molecule has 0 fully saturated rings. The molecule has 0 saturated heterocycles. The summed E-state index contributed by atoms with van der Waals surface area (Å²) in [5.41, 5.74) is 8.57. The maximum Gasteiger partial charge on any atom is 0.337 e. The third-order valence-electron chi connectivity index (χ3n) is 5.89. The van der Waals surface area contributed by atoms with E-state index in [4.69, 9.17) is 5.10 Å². The molecule has 0 amide bonds. The monoisotopic (exact) mass is 426 g/mol. The summed E-state index contributed by atoms with van der Waals surface area (Å²) < 4.78 is 1.86. The summed E-state index contributed by atoms with van der Waals surface area (Å²) in [6.07, 6.45) is 5.48. The van der Waals surface area contributed by atoms with Crippen LogP contribution in [0, 0.1) is 6.92 Å². The molecule has 3 aromatic carbocycles. The Morgan fingerprint density at radius 2 is 1.77 bits per heavy atom. The van der Waals surface area contributed by atoms with E-state index in [2.05, 4.69) is 31.2 Å². The fourth-order valence-corrected chi connectivity index (χ4v) is 5.01. The molecular weight excluding hydrogens is 404 g/mol. The quantitative estimate of drug-likeness (QED) is 0.405. The number of carboxylic acid groups (broad SMARTS) is 1. The van der Waals surface area contributed by atoms with Crippen molar-refractivity contribution >= 4 is 17.7 Å². The van der Waals surface area contributed by atoms with E-state index in [0.29, 0.717) is 5.56 Å². The summed E-state index contributed by atoms with van der Waals surface area (Å²) >= 11 is 1.48. The molecule has 5 rings (SSSR count). The molecule has 1 aliphatic carbocycles. The van der Waals surface area contributed by atoms with Crippen LogP contribution in [0.5, 0.6) is 0 Å². The average Bonchev–Trinajstić information content (AvgIpc) is 3.23. The third kappa shape index (κ3) is 3.35. The average molecular weight is 427 g/mol. The first-order valence-electron chi connectivity index (χ1n) is 10.3. The van der Waals surface area contributed by atoms with Crippen LogP contribution in [0.1, 0.15) is 27.2 Å². The van der Waals surface area contributed by atoms with Gasteiger partial charge in [-0.3, -0.25) is 0 Å². The lowest BCUT2D eigenvalue weighted by atomic mass is 9.82. The minimum Gasteiger partial charge on any atom is -0.478 e. The molecule has 0 saturated carbocycles. The maximum atomic E-state index is 12.4. The first-order valence-corrected chi connectivity index (χ1v) is 11.5. The van der Waals surface area contributed by atoms with Gasteiger partial charge in [-0.2, -0.15) is 5.10 Å². The van der Waals surface area contributed by atoms with E-state index >= 15 is 0 Å². The van der Waals surface area contributed by atoms with Gasteiger partial charge < -0.3 is 5.11 Å². The molecule has 0 radical (unpaired) electrons. The predicted molar refractivity (Wildman–Crippen MR) is 125 cm³/mol. The number of benzene rings is 3. The molecule has 1 aromatic heterocycles. The van der Waals surface area contributed by atoms with E-state index in [9.17, 15) is 9.90 Å². The van der Waals surface area contributed by atoms with Crippen molar-refractivity contribution in [2.75, 3.05) is 6.26 Å². The molecule has 0 bridgehead atoms. The van der Waals surface area contributed by atoms with Gasteiger partial charge in [-0.1, -0.05) is 48.0 Å². The van der Waals surface area contributed by atoms with Crippen molar-refractivity contribution in [3.05, 3.63) is 89.2 Å². The topological polar surface area (TPSA) is 55.1 Å². The second-order valence-corrected chi connectivity index (χ2v) is 8.64. The van der Waals surface area contributed by atoms with Crippen LogP contribution < -0.4 is 0 Å². The zero-order chi connectivity index (χ0) is 21.5. The highest BCUT2D eigenvalue weighted by Crippen LogP contribution is 2.44. The number of rotatable bonds is 4. The number of carboxylic acids is 1. The van der Waals surface area contributed by atoms with Crippen LogP contribution in [0.2, 0.25) is 0 Å². The Labute approximate surface area is 185 Å². The van der Waals surface area contributed by atoms with Crippen LogP contribution in [0.25, 0.3) is 27.9 Å². The van der Waals surface area contributed by atoms with Crippen LogP contribution in [0.3, 0.4) is 0 Å². The minimum absolute atomic E-state index is 0.381. The molecular formula is C26H22N2O2S. The Balaban J connectivity index is 1.79. The summed E-state index contributed by atoms with van der Waals surface area (Å²) in [5.74, 6) is -0.892. The number of thioether (sulfide) groups is 1. The SMILES string of the molecule is CSc1cc(-c2ccc(C)cc2)c2c(c1C(=O)O)-c1cn(-c3ccccc3)nc1CC2. The van der Waals surface area contributed by atoms with E-state index in [1.807, 2.05) is 53.5 Å². The second-order valence-electron chi connectivity index (χ2n) is 7.80. The van der Waals surface area contributed by atoms with Crippen LogP contribution in [-0.2, 0) is 12.8 Å².